The minimum absolute atomic E-state index is 0.0982. The summed E-state index contributed by atoms with van der Waals surface area (Å²) in [6, 6.07) is 4.86. The van der Waals surface area contributed by atoms with Crippen LogP contribution in [0.3, 0.4) is 0 Å². The van der Waals surface area contributed by atoms with Crippen LogP contribution < -0.4 is 25.6 Å². The maximum Gasteiger partial charge on any atom is 0.229 e. The lowest BCUT2D eigenvalue weighted by atomic mass is 9.98. The first-order valence-electron chi connectivity index (χ1n) is 13.5. The van der Waals surface area contributed by atoms with E-state index in [1.807, 2.05) is 23.9 Å². The maximum atomic E-state index is 14.6. The van der Waals surface area contributed by atoms with E-state index in [-0.39, 0.29) is 42.4 Å². The summed E-state index contributed by atoms with van der Waals surface area (Å²) >= 11 is 11.8. The van der Waals surface area contributed by atoms with Crippen LogP contribution in [-0.2, 0) is 4.79 Å². The lowest BCUT2D eigenvalue weighted by Crippen LogP contribution is -2.38. The quantitative estimate of drug-likeness (QED) is 0.207. The van der Waals surface area contributed by atoms with Crippen LogP contribution in [0.1, 0.15) is 19.8 Å². The molecule has 0 radical (unpaired) electrons. The van der Waals surface area contributed by atoms with Gasteiger partial charge in [0.05, 0.1) is 37.0 Å². The lowest BCUT2D eigenvalue weighted by molar-refractivity contribution is -0.115. The zero-order valence-corrected chi connectivity index (χ0v) is 25.7. The zero-order valence-electron chi connectivity index (χ0n) is 24.2. The Labute approximate surface area is 255 Å². The molecule has 2 aromatic rings. The summed E-state index contributed by atoms with van der Waals surface area (Å²) in [5.41, 5.74) is 1.63. The molecule has 0 spiro atoms. The van der Waals surface area contributed by atoms with Gasteiger partial charge in [0.15, 0.2) is 0 Å². The number of aromatic nitrogens is 2. The molecule has 0 bridgehead atoms. The van der Waals surface area contributed by atoms with Crippen molar-refractivity contribution in [2.75, 3.05) is 67.7 Å². The van der Waals surface area contributed by atoms with Gasteiger partial charge in [-0.1, -0.05) is 6.58 Å². The molecule has 232 valence electrons. The van der Waals surface area contributed by atoms with E-state index in [2.05, 4.69) is 32.5 Å². The van der Waals surface area contributed by atoms with Gasteiger partial charge in [0.1, 0.15) is 17.7 Å². The zero-order chi connectivity index (χ0) is 31.0. The van der Waals surface area contributed by atoms with Crippen LogP contribution in [0.25, 0.3) is 0 Å². The molecule has 42 heavy (non-hydrogen) atoms. The van der Waals surface area contributed by atoms with Crippen molar-refractivity contribution in [3.05, 3.63) is 36.7 Å². The molecule has 5 atom stereocenters. The van der Waals surface area contributed by atoms with Crippen molar-refractivity contribution in [3.63, 3.8) is 0 Å². The summed E-state index contributed by atoms with van der Waals surface area (Å²) in [5.74, 6) is -0.127. The van der Waals surface area contributed by atoms with E-state index in [1.165, 1.54) is 13.3 Å². The number of likely N-dealkylation sites (N-methyl/N-ethyl adjacent to an activating group) is 1. The second kappa shape index (κ2) is 15.5. The fourth-order valence-corrected chi connectivity index (χ4v) is 5.16. The van der Waals surface area contributed by atoms with E-state index in [0.29, 0.717) is 41.6 Å². The van der Waals surface area contributed by atoms with Crippen LogP contribution >= 0.6 is 23.2 Å². The minimum Gasteiger partial charge on any atom is -0.494 e. The van der Waals surface area contributed by atoms with E-state index in [4.69, 9.17) is 27.9 Å². The Bertz CT molecular complexity index is 1220. The van der Waals surface area contributed by atoms with Crippen LogP contribution in [0.15, 0.2) is 36.7 Å². The number of hydrogen-bond acceptors (Lipinski definition) is 9. The van der Waals surface area contributed by atoms with Gasteiger partial charge in [-0.2, -0.15) is 4.98 Å². The summed E-state index contributed by atoms with van der Waals surface area (Å²) in [6.45, 7) is 5.38. The average molecular weight is 631 g/mol. The Morgan fingerprint density at radius 1 is 1.33 bits per heavy atom. The number of halogens is 4. The molecule has 1 aliphatic heterocycles. The fraction of sp³-hybridized carbons (Fsp3) is 0.536. The first-order valence-corrected chi connectivity index (χ1v) is 14.5. The van der Waals surface area contributed by atoms with Crippen molar-refractivity contribution < 1.29 is 23.4 Å². The number of nitrogens with zero attached hydrogens (tertiary/aromatic N) is 4. The van der Waals surface area contributed by atoms with Crippen molar-refractivity contribution >= 4 is 57.9 Å². The maximum absolute atomic E-state index is 14.6. The number of amides is 1. The van der Waals surface area contributed by atoms with Crippen molar-refractivity contribution in [1.29, 1.82) is 0 Å². The molecule has 1 unspecified atom stereocenters. The SMILES string of the molecule is C=C(Nc1ccnc(Nc2cc(NC(=O)CCCl)c(N3C[C@H](F)C[C@@H]3CN(C)C)cc2OC)n1)C(O)[C@@H](CF)[C@H](C)Cl. The van der Waals surface area contributed by atoms with Crippen molar-refractivity contribution in [3.8, 4) is 5.75 Å². The second-order valence-electron chi connectivity index (χ2n) is 10.4. The Morgan fingerprint density at radius 2 is 2.07 bits per heavy atom. The number of benzene rings is 1. The highest BCUT2D eigenvalue weighted by molar-refractivity contribution is 6.20. The number of hydrogen-bond donors (Lipinski definition) is 4. The summed E-state index contributed by atoms with van der Waals surface area (Å²) in [7, 11) is 5.35. The normalized spacial score (nSPS) is 18.9. The predicted molar refractivity (Wildman–Crippen MR) is 165 cm³/mol. The third-order valence-corrected chi connectivity index (χ3v) is 7.40. The summed E-state index contributed by atoms with van der Waals surface area (Å²) in [5, 5.41) is 18.7. The van der Waals surface area contributed by atoms with E-state index in [9.17, 15) is 18.7 Å². The molecule has 2 heterocycles. The van der Waals surface area contributed by atoms with Gasteiger partial charge in [0, 0.05) is 67.1 Å². The number of rotatable bonds is 15. The van der Waals surface area contributed by atoms with E-state index >= 15 is 0 Å². The molecule has 1 fully saturated rings. The van der Waals surface area contributed by atoms with Gasteiger partial charge in [-0.25, -0.2) is 9.37 Å². The molecule has 14 heteroatoms. The van der Waals surface area contributed by atoms with Gasteiger partial charge < -0.3 is 35.6 Å². The number of carbonyl (C=O) groups excluding carboxylic acids is 1. The molecule has 10 nitrogen and oxygen atoms in total. The lowest BCUT2D eigenvalue weighted by Gasteiger charge is -2.31. The Hall–Kier alpha value is -2.93. The number of anilines is 5. The summed E-state index contributed by atoms with van der Waals surface area (Å²) < 4.78 is 33.7. The fourth-order valence-electron chi connectivity index (χ4n) is 4.79. The second-order valence-corrected chi connectivity index (χ2v) is 11.5. The molecular formula is C28H39Cl2F2N7O3. The van der Waals surface area contributed by atoms with Gasteiger partial charge >= 0.3 is 0 Å². The monoisotopic (exact) mass is 629 g/mol. The number of aliphatic hydroxyl groups excluding tert-OH is 1. The Kier molecular flexibility index (Phi) is 12.4. The number of methoxy groups -OCH3 is 1. The third-order valence-electron chi connectivity index (χ3n) is 6.88. The molecule has 4 N–H and O–H groups in total. The molecule has 0 saturated carbocycles. The first-order chi connectivity index (χ1) is 20.0. The highest BCUT2D eigenvalue weighted by Crippen LogP contribution is 2.41. The number of aliphatic hydroxyl groups is 1. The first kappa shape index (κ1) is 33.6. The molecule has 0 aliphatic carbocycles. The van der Waals surface area contributed by atoms with E-state index < -0.39 is 30.2 Å². The van der Waals surface area contributed by atoms with Gasteiger partial charge in [0.2, 0.25) is 11.9 Å². The number of carbonyl (C=O) groups is 1. The average Bonchev–Trinajstić information content (AvgIpc) is 3.28. The molecule has 1 aromatic heterocycles. The molecular weight excluding hydrogens is 591 g/mol. The number of ether oxygens (including phenoxy) is 1. The molecule has 1 aromatic carbocycles. The van der Waals surface area contributed by atoms with Crippen LogP contribution in [0, 0.1) is 5.92 Å². The molecule has 1 amide bonds. The van der Waals surface area contributed by atoms with Gasteiger partial charge in [-0.3, -0.25) is 9.18 Å². The van der Waals surface area contributed by atoms with Crippen LogP contribution in [0.5, 0.6) is 5.75 Å². The Balaban J connectivity index is 1.93. The van der Waals surface area contributed by atoms with Crippen molar-refractivity contribution in [2.45, 2.75) is 43.5 Å². The third kappa shape index (κ3) is 8.79. The highest BCUT2D eigenvalue weighted by Gasteiger charge is 2.34. The number of alkyl halides is 4. The largest absolute Gasteiger partial charge is 0.494 e. The standard InChI is InChI=1S/C28H39Cl2F2N7O3/c1-16(30)20(13-31)27(41)17(2)34-25-7-9-33-28(37-25)36-22-11-21(35-26(40)6-8-29)23(12-24(22)42-5)39-14-18(32)10-19(39)15-38(3)4/h7,9,11-12,16,18-20,27,41H,2,6,8,10,13-15H2,1,3-5H3,(H,35,40)(H2,33,34,36,37)/t16-,18+,19+,20-,27?/m0/s1. The van der Waals surface area contributed by atoms with E-state index in [0.717, 1.165) is 0 Å². The minimum atomic E-state index is -1.24. The summed E-state index contributed by atoms with van der Waals surface area (Å²) in [6.07, 6.45) is -0.322. The van der Waals surface area contributed by atoms with E-state index in [1.54, 1.807) is 25.1 Å². The smallest absolute Gasteiger partial charge is 0.229 e. The predicted octanol–water partition coefficient (Wildman–Crippen LogP) is 4.77. The summed E-state index contributed by atoms with van der Waals surface area (Å²) in [4.78, 5) is 25.2. The van der Waals surface area contributed by atoms with Gasteiger partial charge in [-0.15, -0.1) is 23.2 Å². The van der Waals surface area contributed by atoms with Gasteiger partial charge in [-0.05, 0) is 33.2 Å². The molecule has 1 aliphatic rings. The van der Waals surface area contributed by atoms with Crippen molar-refractivity contribution in [2.24, 2.45) is 5.92 Å². The highest BCUT2D eigenvalue weighted by atomic mass is 35.5. The molecule has 1 saturated heterocycles. The van der Waals surface area contributed by atoms with Crippen LogP contribution in [0.2, 0.25) is 0 Å². The topological polar surface area (TPSA) is 115 Å². The van der Waals surface area contributed by atoms with Crippen molar-refractivity contribution in [1.82, 2.24) is 14.9 Å². The van der Waals surface area contributed by atoms with Gasteiger partial charge in [0.25, 0.3) is 0 Å². The van der Waals surface area contributed by atoms with Crippen LogP contribution in [0.4, 0.5) is 37.6 Å². The molecule has 3 rings (SSSR count). The van der Waals surface area contributed by atoms with Crippen LogP contribution in [-0.4, -0.2) is 96.4 Å². The Morgan fingerprint density at radius 3 is 2.69 bits per heavy atom. The number of nitrogens with one attached hydrogen (secondary N) is 3.